The quantitative estimate of drug-likeness (QED) is 0.749. The van der Waals surface area contributed by atoms with Crippen LogP contribution in [0, 0.1) is 0 Å². The summed E-state index contributed by atoms with van der Waals surface area (Å²) in [5.74, 6) is 0.876. The van der Waals surface area contributed by atoms with E-state index in [0.29, 0.717) is 6.61 Å². The molecule has 0 spiro atoms. The van der Waals surface area contributed by atoms with Crippen molar-refractivity contribution >= 4 is 10.9 Å². The Hall–Kier alpha value is -2.26. The molecule has 3 aromatic rings. The molecule has 0 saturated heterocycles. The zero-order valence-electron chi connectivity index (χ0n) is 12.2. The molecule has 3 heteroatoms. The van der Waals surface area contributed by atoms with Crippen LogP contribution in [0.4, 0.5) is 0 Å². The third-order valence-electron chi connectivity index (χ3n) is 3.53. The van der Waals surface area contributed by atoms with Gasteiger partial charge in [0.25, 0.3) is 0 Å². The molecule has 0 aliphatic heterocycles. The minimum atomic E-state index is 0.165. The van der Waals surface area contributed by atoms with E-state index < -0.39 is 0 Å². The molecule has 0 saturated carbocycles. The second-order valence-electron chi connectivity index (χ2n) is 5.48. The molecule has 0 aliphatic carbocycles. The third kappa shape index (κ3) is 3.26. The van der Waals surface area contributed by atoms with Gasteiger partial charge in [0.05, 0.1) is 0 Å². The minimum Gasteiger partial charge on any atom is -0.489 e. The molecule has 21 heavy (non-hydrogen) atoms. The third-order valence-corrected chi connectivity index (χ3v) is 3.53. The summed E-state index contributed by atoms with van der Waals surface area (Å²) in [6.45, 7) is 2.61. The van der Waals surface area contributed by atoms with E-state index in [-0.39, 0.29) is 6.04 Å². The summed E-state index contributed by atoms with van der Waals surface area (Å²) < 4.78 is 5.85. The largest absolute Gasteiger partial charge is 0.489 e. The normalized spacial score (nSPS) is 12.5. The zero-order chi connectivity index (χ0) is 14.7. The van der Waals surface area contributed by atoms with Crippen LogP contribution in [-0.4, -0.2) is 11.0 Å². The number of nitrogens with two attached hydrogens (primary N) is 1. The van der Waals surface area contributed by atoms with E-state index in [4.69, 9.17) is 10.5 Å². The van der Waals surface area contributed by atoms with Gasteiger partial charge in [0.15, 0.2) is 0 Å². The molecule has 108 valence electrons. The number of nitrogens with one attached hydrogen (secondary N) is 1. The molecule has 0 fully saturated rings. The van der Waals surface area contributed by atoms with Gasteiger partial charge >= 0.3 is 0 Å². The molecule has 3 rings (SSSR count). The standard InChI is InChI=1S/C18H20N2O/c1-13(19)9-15-11-20-18-10-16(7-8-17(15)18)21-12-14-5-3-2-4-6-14/h2-8,10-11,13,20H,9,12,19H2,1H3/t13-/m0/s1. The van der Waals surface area contributed by atoms with Gasteiger partial charge in [0.1, 0.15) is 12.4 Å². The SMILES string of the molecule is C[C@H](N)Cc1c[nH]c2cc(OCc3ccccc3)ccc12. The van der Waals surface area contributed by atoms with Gasteiger partial charge in [-0.3, -0.25) is 0 Å². The van der Waals surface area contributed by atoms with E-state index >= 15 is 0 Å². The van der Waals surface area contributed by atoms with Crippen LogP contribution in [0.3, 0.4) is 0 Å². The highest BCUT2D eigenvalue weighted by Crippen LogP contribution is 2.24. The fourth-order valence-corrected chi connectivity index (χ4v) is 2.51. The Balaban J connectivity index is 1.75. The maximum absolute atomic E-state index is 5.88. The van der Waals surface area contributed by atoms with Gasteiger partial charge in [-0.2, -0.15) is 0 Å². The van der Waals surface area contributed by atoms with E-state index in [1.54, 1.807) is 0 Å². The number of hydrogen-bond donors (Lipinski definition) is 2. The number of fused-ring (bicyclic) bond motifs is 1. The fourth-order valence-electron chi connectivity index (χ4n) is 2.51. The van der Waals surface area contributed by atoms with Gasteiger partial charge in [-0.15, -0.1) is 0 Å². The molecule has 0 radical (unpaired) electrons. The molecule has 0 bridgehead atoms. The Kier molecular flexibility index (Phi) is 3.93. The number of ether oxygens (including phenoxy) is 1. The van der Waals surface area contributed by atoms with Crippen molar-refractivity contribution in [2.45, 2.75) is 26.0 Å². The van der Waals surface area contributed by atoms with E-state index in [9.17, 15) is 0 Å². The van der Waals surface area contributed by atoms with Crippen LogP contribution in [0.15, 0.2) is 54.7 Å². The fraction of sp³-hybridized carbons (Fsp3) is 0.222. The summed E-state index contributed by atoms with van der Waals surface area (Å²) in [7, 11) is 0. The topological polar surface area (TPSA) is 51.0 Å². The first-order valence-electron chi connectivity index (χ1n) is 7.24. The van der Waals surface area contributed by atoms with Crippen LogP contribution in [0.1, 0.15) is 18.1 Å². The number of rotatable bonds is 5. The molecule has 0 amide bonds. The second kappa shape index (κ2) is 6.02. The molecule has 1 heterocycles. The molecule has 0 aliphatic rings. The Morgan fingerprint density at radius 1 is 1.14 bits per heavy atom. The number of benzene rings is 2. The van der Waals surface area contributed by atoms with E-state index in [2.05, 4.69) is 23.2 Å². The van der Waals surface area contributed by atoms with Crippen molar-refractivity contribution in [1.29, 1.82) is 0 Å². The minimum absolute atomic E-state index is 0.165. The van der Waals surface area contributed by atoms with Crippen LogP contribution < -0.4 is 10.5 Å². The van der Waals surface area contributed by atoms with Crippen LogP contribution >= 0.6 is 0 Å². The Morgan fingerprint density at radius 3 is 2.71 bits per heavy atom. The van der Waals surface area contributed by atoms with Crippen molar-refractivity contribution in [2.75, 3.05) is 0 Å². The van der Waals surface area contributed by atoms with Gasteiger partial charge in [-0.25, -0.2) is 0 Å². The molecule has 1 atom stereocenters. The molecular weight excluding hydrogens is 260 g/mol. The summed E-state index contributed by atoms with van der Waals surface area (Å²) in [5, 5.41) is 1.22. The lowest BCUT2D eigenvalue weighted by molar-refractivity contribution is 0.306. The highest BCUT2D eigenvalue weighted by Gasteiger charge is 2.07. The second-order valence-corrected chi connectivity index (χ2v) is 5.48. The Morgan fingerprint density at radius 2 is 1.95 bits per heavy atom. The molecule has 3 nitrogen and oxygen atoms in total. The van der Waals surface area contributed by atoms with Gasteiger partial charge < -0.3 is 15.5 Å². The molecule has 0 unspecified atom stereocenters. The van der Waals surface area contributed by atoms with Crippen LogP contribution in [-0.2, 0) is 13.0 Å². The van der Waals surface area contributed by atoms with Crippen LogP contribution in [0.2, 0.25) is 0 Å². The van der Waals surface area contributed by atoms with Gasteiger partial charge in [-0.1, -0.05) is 30.3 Å². The van der Waals surface area contributed by atoms with Crippen molar-refractivity contribution in [3.05, 3.63) is 65.9 Å². The predicted molar refractivity (Wildman–Crippen MR) is 86.4 cm³/mol. The first-order valence-corrected chi connectivity index (χ1v) is 7.24. The lowest BCUT2D eigenvalue weighted by Gasteiger charge is -2.07. The monoisotopic (exact) mass is 280 g/mol. The maximum Gasteiger partial charge on any atom is 0.121 e. The van der Waals surface area contributed by atoms with E-state index in [1.807, 2.05) is 43.5 Å². The molecule has 1 aromatic heterocycles. The van der Waals surface area contributed by atoms with Gasteiger partial charge in [-0.05, 0) is 36.6 Å². The first kappa shape index (κ1) is 13.7. The van der Waals surface area contributed by atoms with Crippen LogP contribution in [0.5, 0.6) is 5.75 Å². The lowest BCUT2D eigenvalue weighted by atomic mass is 10.1. The number of aromatic nitrogens is 1. The van der Waals surface area contributed by atoms with Crippen LogP contribution in [0.25, 0.3) is 10.9 Å². The number of aromatic amines is 1. The average Bonchev–Trinajstić information content (AvgIpc) is 2.88. The van der Waals surface area contributed by atoms with Crippen molar-refractivity contribution in [3.8, 4) is 5.75 Å². The van der Waals surface area contributed by atoms with Gasteiger partial charge in [0.2, 0.25) is 0 Å². The zero-order valence-corrected chi connectivity index (χ0v) is 12.2. The summed E-state index contributed by atoms with van der Waals surface area (Å²) in [6.07, 6.45) is 2.92. The van der Waals surface area contributed by atoms with Crippen molar-refractivity contribution in [1.82, 2.24) is 4.98 Å². The number of H-pyrrole nitrogens is 1. The van der Waals surface area contributed by atoms with Crippen molar-refractivity contribution in [3.63, 3.8) is 0 Å². The summed E-state index contributed by atoms with van der Waals surface area (Å²) in [6, 6.07) is 16.5. The lowest BCUT2D eigenvalue weighted by Crippen LogP contribution is -2.17. The van der Waals surface area contributed by atoms with Gasteiger partial charge in [0, 0.05) is 29.2 Å². The highest BCUT2D eigenvalue weighted by molar-refractivity contribution is 5.84. The first-order chi connectivity index (χ1) is 10.2. The molecular formula is C18H20N2O. The molecule has 2 aromatic carbocycles. The summed E-state index contributed by atoms with van der Waals surface area (Å²) in [5.41, 5.74) is 9.40. The summed E-state index contributed by atoms with van der Waals surface area (Å²) in [4.78, 5) is 3.30. The highest BCUT2D eigenvalue weighted by atomic mass is 16.5. The Bertz CT molecular complexity index is 716. The Labute approximate surface area is 124 Å². The average molecular weight is 280 g/mol. The number of hydrogen-bond acceptors (Lipinski definition) is 2. The smallest absolute Gasteiger partial charge is 0.121 e. The van der Waals surface area contributed by atoms with Crippen molar-refractivity contribution < 1.29 is 4.74 Å². The predicted octanol–water partition coefficient (Wildman–Crippen LogP) is 3.64. The summed E-state index contributed by atoms with van der Waals surface area (Å²) >= 11 is 0. The van der Waals surface area contributed by atoms with Crippen molar-refractivity contribution in [2.24, 2.45) is 5.73 Å². The molecule has 3 N–H and O–H groups in total. The van der Waals surface area contributed by atoms with E-state index in [0.717, 1.165) is 17.7 Å². The maximum atomic E-state index is 5.88. The van der Waals surface area contributed by atoms with E-state index in [1.165, 1.54) is 16.5 Å².